The number of rotatable bonds is 8. The Hall–Kier alpha value is -3.68. The first-order valence-corrected chi connectivity index (χ1v) is 12.3. The molecule has 8 nitrogen and oxygen atoms in total. The van der Waals surface area contributed by atoms with Gasteiger partial charge in [0.1, 0.15) is 11.4 Å². The van der Waals surface area contributed by atoms with E-state index in [4.69, 9.17) is 23.7 Å². The van der Waals surface area contributed by atoms with Crippen molar-refractivity contribution in [1.82, 2.24) is 4.90 Å². The fraction of sp³-hybridized carbons (Fsp3) is 0.429. The van der Waals surface area contributed by atoms with Gasteiger partial charge in [-0.3, -0.25) is 9.79 Å². The number of carbonyl (C=O) groups excluding carboxylic acids is 1. The maximum absolute atomic E-state index is 13.0. The molecule has 0 unspecified atom stereocenters. The number of carbonyl (C=O) groups is 1. The predicted molar refractivity (Wildman–Crippen MR) is 138 cm³/mol. The molecular formula is C28H32N2O6. The summed E-state index contributed by atoms with van der Waals surface area (Å²) in [7, 11) is 3.19. The molecular weight excluding hydrogens is 460 g/mol. The van der Waals surface area contributed by atoms with Gasteiger partial charge in [0.05, 0.1) is 44.7 Å². The zero-order chi connectivity index (χ0) is 25.3. The molecule has 0 aromatic heterocycles. The standard InChI is InChI=1S/C28H32N2O6/c1-28(2)9-8-18-13-25(24(33-4)16-22(18)36-28)34-11-6-12-35-26-15-21-20(14-23(26)32-3)27(31)30-10-5-7-19(30)17-29-21/h8-9,13-17,19H,5-7,10-12H2,1-4H3/t19-/m0/s1. The third-order valence-corrected chi connectivity index (χ3v) is 6.60. The van der Waals surface area contributed by atoms with Crippen LogP contribution in [0.15, 0.2) is 35.3 Å². The molecule has 190 valence electrons. The minimum atomic E-state index is -0.357. The maximum Gasteiger partial charge on any atom is 0.256 e. The number of ether oxygens (including phenoxy) is 5. The van der Waals surface area contributed by atoms with Gasteiger partial charge in [-0.15, -0.1) is 0 Å². The summed E-state index contributed by atoms with van der Waals surface area (Å²) in [5.74, 6) is 3.11. The number of benzene rings is 2. The summed E-state index contributed by atoms with van der Waals surface area (Å²) in [6, 6.07) is 7.37. The van der Waals surface area contributed by atoms with Crippen LogP contribution in [0.5, 0.6) is 28.7 Å². The SMILES string of the molecule is COc1cc2c(cc1OCCCOc1cc3c(cc1OC)C(=O)N1CCC[C@H]1C=N3)C=CC(C)(C)O2. The summed E-state index contributed by atoms with van der Waals surface area (Å²) < 4.78 is 29.1. The fourth-order valence-corrected chi connectivity index (χ4v) is 4.70. The normalized spacial score (nSPS) is 19.1. The highest BCUT2D eigenvalue weighted by atomic mass is 16.5. The number of amides is 1. The molecule has 8 heteroatoms. The summed E-state index contributed by atoms with van der Waals surface area (Å²) in [5, 5.41) is 0. The molecule has 3 aliphatic heterocycles. The number of nitrogens with zero attached hydrogens (tertiary/aromatic N) is 2. The van der Waals surface area contributed by atoms with Gasteiger partial charge in [0.15, 0.2) is 23.0 Å². The van der Waals surface area contributed by atoms with E-state index in [1.165, 1.54) is 0 Å². The lowest BCUT2D eigenvalue weighted by molar-refractivity contribution is 0.0774. The minimum Gasteiger partial charge on any atom is -0.493 e. The van der Waals surface area contributed by atoms with Crippen molar-refractivity contribution in [2.24, 2.45) is 4.99 Å². The number of hydrogen-bond donors (Lipinski definition) is 0. The van der Waals surface area contributed by atoms with Gasteiger partial charge < -0.3 is 28.6 Å². The molecule has 0 radical (unpaired) electrons. The van der Waals surface area contributed by atoms with Gasteiger partial charge in [0.25, 0.3) is 5.91 Å². The van der Waals surface area contributed by atoms with Crippen molar-refractivity contribution in [3.63, 3.8) is 0 Å². The zero-order valence-corrected chi connectivity index (χ0v) is 21.2. The predicted octanol–water partition coefficient (Wildman–Crippen LogP) is 5.06. The highest BCUT2D eigenvalue weighted by molar-refractivity contribution is 6.03. The van der Waals surface area contributed by atoms with Crippen molar-refractivity contribution in [3.05, 3.63) is 41.5 Å². The first-order chi connectivity index (χ1) is 17.4. The molecule has 36 heavy (non-hydrogen) atoms. The molecule has 0 aliphatic carbocycles. The summed E-state index contributed by atoms with van der Waals surface area (Å²) in [6.45, 7) is 5.62. The van der Waals surface area contributed by atoms with Crippen LogP contribution < -0.4 is 23.7 Å². The molecule has 0 saturated carbocycles. The van der Waals surface area contributed by atoms with Crippen LogP contribution in [0.2, 0.25) is 0 Å². The summed E-state index contributed by atoms with van der Waals surface area (Å²) in [6.07, 6.45) is 8.51. The van der Waals surface area contributed by atoms with Crippen LogP contribution in [0.4, 0.5) is 5.69 Å². The van der Waals surface area contributed by atoms with Crippen molar-refractivity contribution < 1.29 is 28.5 Å². The van der Waals surface area contributed by atoms with Gasteiger partial charge in [-0.1, -0.05) is 6.08 Å². The molecule has 1 fully saturated rings. The van der Waals surface area contributed by atoms with Crippen molar-refractivity contribution in [2.45, 2.75) is 44.8 Å². The molecule has 1 atom stereocenters. The Morgan fingerprint density at radius 2 is 1.75 bits per heavy atom. The van der Waals surface area contributed by atoms with E-state index in [0.29, 0.717) is 53.9 Å². The largest absolute Gasteiger partial charge is 0.493 e. The Morgan fingerprint density at radius 1 is 1.03 bits per heavy atom. The average Bonchev–Trinajstić information content (AvgIpc) is 3.30. The molecule has 2 aromatic rings. The lowest BCUT2D eigenvalue weighted by atomic mass is 10.0. The van der Waals surface area contributed by atoms with E-state index in [2.05, 4.69) is 4.99 Å². The first kappa shape index (κ1) is 24.0. The van der Waals surface area contributed by atoms with Crippen LogP contribution in [-0.4, -0.2) is 62.6 Å². The molecule has 2 aromatic carbocycles. The first-order valence-electron chi connectivity index (χ1n) is 12.3. The Bertz CT molecular complexity index is 1220. The molecule has 0 bridgehead atoms. The molecule has 3 aliphatic rings. The van der Waals surface area contributed by atoms with E-state index in [0.717, 1.165) is 30.7 Å². The van der Waals surface area contributed by atoms with Crippen LogP contribution >= 0.6 is 0 Å². The second-order valence-electron chi connectivity index (χ2n) is 9.64. The molecule has 3 heterocycles. The quantitative estimate of drug-likeness (QED) is 0.480. The molecule has 0 spiro atoms. The number of methoxy groups -OCH3 is 2. The second-order valence-corrected chi connectivity index (χ2v) is 9.64. The fourth-order valence-electron chi connectivity index (χ4n) is 4.70. The summed E-state index contributed by atoms with van der Waals surface area (Å²) in [5.41, 5.74) is 1.75. The molecule has 1 saturated heterocycles. The van der Waals surface area contributed by atoms with Crippen LogP contribution in [0.3, 0.4) is 0 Å². The third-order valence-electron chi connectivity index (χ3n) is 6.60. The van der Waals surface area contributed by atoms with Crippen LogP contribution in [0, 0.1) is 0 Å². The summed E-state index contributed by atoms with van der Waals surface area (Å²) in [4.78, 5) is 19.5. The van der Waals surface area contributed by atoms with Gasteiger partial charge in [0.2, 0.25) is 0 Å². The van der Waals surface area contributed by atoms with E-state index in [1.807, 2.05) is 49.2 Å². The minimum absolute atomic E-state index is 0.00828. The number of aliphatic imine (C=N–C) groups is 1. The van der Waals surface area contributed by atoms with Gasteiger partial charge in [-0.05, 0) is 44.9 Å². The Balaban J connectivity index is 1.22. The average molecular weight is 493 g/mol. The highest BCUT2D eigenvalue weighted by Crippen LogP contribution is 2.40. The highest BCUT2D eigenvalue weighted by Gasteiger charge is 2.32. The van der Waals surface area contributed by atoms with Crippen molar-refractivity contribution in [2.75, 3.05) is 34.0 Å². The van der Waals surface area contributed by atoms with Crippen LogP contribution in [0.25, 0.3) is 6.08 Å². The molecule has 1 amide bonds. The van der Waals surface area contributed by atoms with Crippen LogP contribution in [-0.2, 0) is 0 Å². The third kappa shape index (κ3) is 4.72. The van der Waals surface area contributed by atoms with Crippen molar-refractivity contribution >= 4 is 23.9 Å². The van der Waals surface area contributed by atoms with Crippen molar-refractivity contribution in [3.8, 4) is 28.7 Å². The van der Waals surface area contributed by atoms with Gasteiger partial charge in [-0.2, -0.15) is 0 Å². The second kappa shape index (κ2) is 9.76. The van der Waals surface area contributed by atoms with Gasteiger partial charge >= 0.3 is 0 Å². The summed E-state index contributed by atoms with van der Waals surface area (Å²) >= 11 is 0. The van der Waals surface area contributed by atoms with E-state index < -0.39 is 0 Å². The smallest absolute Gasteiger partial charge is 0.256 e. The number of fused-ring (bicyclic) bond motifs is 3. The monoisotopic (exact) mass is 492 g/mol. The Morgan fingerprint density at radius 3 is 2.50 bits per heavy atom. The van der Waals surface area contributed by atoms with E-state index in [9.17, 15) is 4.79 Å². The van der Waals surface area contributed by atoms with E-state index >= 15 is 0 Å². The van der Waals surface area contributed by atoms with Gasteiger partial charge in [-0.25, -0.2) is 0 Å². The van der Waals surface area contributed by atoms with E-state index in [-0.39, 0.29) is 17.6 Å². The lowest BCUT2D eigenvalue weighted by Crippen LogP contribution is -2.35. The van der Waals surface area contributed by atoms with E-state index in [1.54, 1.807) is 26.4 Å². The lowest BCUT2D eigenvalue weighted by Gasteiger charge is -2.28. The maximum atomic E-state index is 13.0. The molecule has 5 rings (SSSR count). The Kier molecular flexibility index (Phi) is 6.51. The topological polar surface area (TPSA) is 78.8 Å². The molecule has 0 N–H and O–H groups in total. The Labute approximate surface area is 211 Å². The zero-order valence-electron chi connectivity index (χ0n) is 21.2. The van der Waals surface area contributed by atoms with Crippen molar-refractivity contribution in [1.29, 1.82) is 0 Å². The number of hydrogen-bond acceptors (Lipinski definition) is 7. The van der Waals surface area contributed by atoms with Gasteiger partial charge in [0, 0.05) is 36.9 Å². The van der Waals surface area contributed by atoms with Crippen LogP contribution in [0.1, 0.15) is 49.0 Å².